The number of amides is 2. The highest BCUT2D eigenvalue weighted by Gasteiger charge is 2.36. The molecule has 0 atom stereocenters. The van der Waals surface area contributed by atoms with Crippen molar-refractivity contribution in [3.63, 3.8) is 0 Å². The molecule has 0 aromatic heterocycles. The summed E-state index contributed by atoms with van der Waals surface area (Å²) in [5.74, 6) is 0.231. The van der Waals surface area contributed by atoms with Crippen molar-refractivity contribution in [2.75, 3.05) is 4.90 Å². The number of rotatable bonds is 3. The Bertz CT molecular complexity index is 985. The summed E-state index contributed by atoms with van der Waals surface area (Å²) in [6.07, 6.45) is 0. The highest BCUT2D eigenvalue weighted by molar-refractivity contribution is 6.34. The monoisotopic (exact) mass is 349 g/mol. The van der Waals surface area contributed by atoms with Crippen molar-refractivity contribution in [1.29, 1.82) is 0 Å². The van der Waals surface area contributed by atoms with Crippen molar-refractivity contribution < 1.29 is 14.3 Å². The lowest BCUT2D eigenvalue weighted by molar-refractivity contribution is 0.0926. The van der Waals surface area contributed by atoms with Gasteiger partial charge in [0.1, 0.15) is 11.5 Å². The molecule has 3 aromatic rings. The number of fused-ring (bicyclic) bond motifs is 1. The van der Waals surface area contributed by atoms with E-state index in [9.17, 15) is 9.59 Å². The minimum Gasteiger partial charge on any atom is -0.456 e. The van der Waals surface area contributed by atoms with Crippen molar-refractivity contribution in [1.82, 2.24) is 0 Å². The van der Waals surface area contributed by atoms with E-state index < -0.39 is 0 Å². The van der Waals surface area contributed by atoms with Gasteiger partial charge in [0.25, 0.3) is 11.8 Å². The third-order valence-corrected chi connectivity index (χ3v) is 4.25. The number of para-hydroxylation sites is 2. The standard InChI is InChI=1S/C20H12ClNO3/c21-17-8-4-5-9-18(17)25-14-10-11-15-16(12-14)20(24)22(19(15)23)13-6-2-1-3-7-13/h1-12H. The highest BCUT2D eigenvalue weighted by atomic mass is 35.5. The highest BCUT2D eigenvalue weighted by Crippen LogP contribution is 2.34. The lowest BCUT2D eigenvalue weighted by Crippen LogP contribution is -2.29. The van der Waals surface area contributed by atoms with E-state index in [1.54, 1.807) is 66.7 Å². The Morgan fingerprint density at radius 3 is 2.20 bits per heavy atom. The largest absolute Gasteiger partial charge is 0.456 e. The van der Waals surface area contributed by atoms with Crippen LogP contribution in [0, 0.1) is 0 Å². The molecule has 0 saturated heterocycles. The van der Waals surface area contributed by atoms with Gasteiger partial charge in [0.05, 0.1) is 21.8 Å². The molecule has 3 aromatic carbocycles. The summed E-state index contributed by atoms with van der Waals surface area (Å²) in [6.45, 7) is 0. The zero-order chi connectivity index (χ0) is 17.4. The van der Waals surface area contributed by atoms with Gasteiger partial charge in [0.15, 0.2) is 0 Å². The molecule has 1 heterocycles. The van der Waals surface area contributed by atoms with Crippen LogP contribution in [0.1, 0.15) is 20.7 Å². The van der Waals surface area contributed by atoms with Crippen LogP contribution in [-0.2, 0) is 0 Å². The number of hydrogen-bond donors (Lipinski definition) is 0. The van der Waals surface area contributed by atoms with Crippen LogP contribution in [0.4, 0.5) is 5.69 Å². The molecule has 0 radical (unpaired) electrons. The predicted octanol–water partition coefficient (Wildman–Crippen LogP) is 4.93. The fraction of sp³-hybridized carbons (Fsp3) is 0. The minimum atomic E-state index is -0.365. The average Bonchev–Trinajstić information content (AvgIpc) is 2.88. The quantitative estimate of drug-likeness (QED) is 0.630. The number of anilines is 1. The van der Waals surface area contributed by atoms with Gasteiger partial charge < -0.3 is 4.74 Å². The summed E-state index contributed by atoms with van der Waals surface area (Å²) >= 11 is 6.09. The Hall–Kier alpha value is -3.11. The van der Waals surface area contributed by atoms with E-state index in [1.807, 2.05) is 6.07 Å². The second-order valence-electron chi connectivity index (χ2n) is 5.52. The summed E-state index contributed by atoms with van der Waals surface area (Å²) in [7, 11) is 0. The number of ether oxygens (including phenoxy) is 1. The van der Waals surface area contributed by atoms with Gasteiger partial charge in [-0.2, -0.15) is 0 Å². The van der Waals surface area contributed by atoms with Crippen LogP contribution in [0.2, 0.25) is 5.02 Å². The van der Waals surface area contributed by atoms with Crippen LogP contribution >= 0.6 is 11.6 Å². The van der Waals surface area contributed by atoms with Gasteiger partial charge in [-0.15, -0.1) is 0 Å². The number of imide groups is 1. The molecule has 4 rings (SSSR count). The molecule has 2 amide bonds. The summed E-state index contributed by atoms with van der Waals surface area (Å²) in [6, 6.07) is 20.7. The van der Waals surface area contributed by atoms with Gasteiger partial charge in [0, 0.05) is 0 Å². The average molecular weight is 350 g/mol. The van der Waals surface area contributed by atoms with E-state index >= 15 is 0 Å². The first-order valence-electron chi connectivity index (χ1n) is 7.65. The van der Waals surface area contributed by atoms with E-state index in [2.05, 4.69) is 0 Å². The number of nitrogens with zero attached hydrogens (tertiary/aromatic N) is 1. The van der Waals surface area contributed by atoms with Gasteiger partial charge in [-0.25, -0.2) is 4.90 Å². The second-order valence-corrected chi connectivity index (χ2v) is 5.93. The maximum atomic E-state index is 12.7. The molecule has 122 valence electrons. The number of halogens is 1. The zero-order valence-corrected chi connectivity index (χ0v) is 13.7. The van der Waals surface area contributed by atoms with E-state index in [0.717, 1.165) is 0 Å². The molecule has 0 aliphatic carbocycles. The molecule has 25 heavy (non-hydrogen) atoms. The molecule has 0 bridgehead atoms. The fourth-order valence-electron chi connectivity index (χ4n) is 2.75. The van der Waals surface area contributed by atoms with E-state index in [1.165, 1.54) is 4.90 Å². The molecular weight excluding hydrogens is 338 g/mol. The first-order valence-corrected chi connectivity index (χ1v) is 8.03. The summed E-state index contributed by atoms with van der Waals surface area (Å²) in [5, 5.41) is 0.469. The van der Waals surface area contributed by atoms with Crippen molar-refractivity contribution in [3.05, 3.63) is 88.9 Å². The van der Waals surface area contributed by atoms with Gasteiger partial charge >= 0.3 is 0 Å². The predicted molar refractivity (Wildman–Crippen MR) is 95.6 cm³/mol. The Morgan fingerprint density at radius 2 is 1.44 bits per heavy atom. The normalized spacial score (nSPS) is 13.1. The van der Waals surface area contributed by atoms with Crippen LogP contribution in [-0.4, -0.2) is 11.8 Å². The smallest absolute Gasteiger partial charge is 0.266 e. The first kappa shape index (κ1) is 15.4. The number of hydrogen-bond acceptors (Lipinski definition) is 3. The van der Waals surface area contributed by atoms with Gasteiger partial charge in [-0.3, -0.25) is 9.59 Å². The third-order valence-electron chi connectivity index (χ3n) is 3.94. The SMILES string of the molecule is O=C1c2ccc(Oc3ccccc3Cl)cc2C(=O)N1c1ccccc1. The summed E-state index contributed by atoms with van der Waals surface area (Å²) in [5.41, 5.74) is 1.22. The van der Waals surface area contributed by atoms with Crippen molar-refractivity contribution in [2.24, 2.45) is 0 Å². The van der Waals surface area contributed by atoms with Crippen molar-refractivity contribution in [2.45, 2.75) is 0 Å². The summed E-state index contributed by atoms with van der Waals surface area (Å²) < 4.78 is 5.74. The Morgan fingerprint density at radius 1 is 0.760 bits per heavy atom. The fourth-order valence-corrected chi connectivity index (χ4v) is 2.92. The van der Waals surface area contributed by atoms with Crippen LogP contribution in [0.15, 0.2) is 72.8 Å². The van der Waals surface area contributed by atoms with Crippen LogP contribution < -0.4 is 9.64 Å². The van der Waals surface area contributed by atoms with Gasteiger partial charge in [-0.1, -0.05) is 41.9 Å². The van der Waals surface area contributed by atoms with Crippen molar-refractivity contribution >= 4 is 29.1 Å². The molecular formula is C20H12ClNO3. The molecule has 0 N–H and O–H groups in total. The van der Waals surface area contributed by atoms with Crippen LogP contribution in [0.25, 0.3) is 0 Å². The van der Waals surface area contributed by atoms with Crippen LogP contribution in [0.5, 0.6) is 11.5 Å². The first-order chi connectivity index (χ1) is 12.1. The Labute approximate surface area is 149 Å². The maximum Gasteiger partial charge on any atom is 0.266 e. The molecule has 1 aliphatic rings. The van der Waals surface area contributed by atoms with E-state index in [-0.39, 0.29) is 11.8 Å². The van der Waals surface area contributed by atoms with Crippen LogP contribution in [0.3, 0.4) is 0 Å². The van der Waals surface area contributed by atoms with Crippen molar-refractivity contribution in [3.8, 4) is 11.5 Å². The molecule has 0 unspecified atom stereocenters. The molecule has 4 nitrogen and oxygen atoms in total. The molecule has 0 saturated carbocycles. The molecule has 5 heteroatoms. The number of benzene rings is 3. The Balaban J connectivity index is 1.69. The minimum absolute atomic E-state index is 0.318. The summed E-state index contributed by atoms with van der Waals surface area (Å²) in [4.78, 5) is 26.4. The van der Waals surface area contributed by atoms with Gasteiger partial charge in [-0.05, 0) is 42.5 Å². The molecule has 1 aliphatic heterocycles. The maximum absolute atomic E-state index is 12.7. The molecule has 0 spiro atoms. The van der Waals surface area contributed by atoms with E-state index in [0.29, 0.717) is 33.3 Å². The lowest BCUT2D eigenvalue weighted by atomic mass is 10.1. The Kier molecular flexibility index (Phi) is 3.75. The number of carbonyl (C=O) groups is 2. The third kappa shape index (κ3) is 2.66. The van der Waals surface area contributed by atoms with E-state index in [4.69, 9.17) is 16.3 Å². The second kappa shape index (κ2) is 6.07. The van der Waals surface area contributed by atoms with Gasteiger partial charge in [0.2, 0.25) is 0 Å². The zero-order valence-electron chi connectivity index (χ0n) is 13.0. The molecule has 0 fully saturated rings. The topological polar surface area (TPSA) is 46.6 Å². The lowest BCUT2D eigenvalue weighted by Gasteiger charge is -2.13. The number of carbonyl (C=O) groups excluding carboxylic acids is 2.